The molecule has 3 heteroatoms. The first-order valence-electron chi connectivity index (χ1n) is 4.75. The van der Waals surface area contributed by atoms with Crippen LogP contribution in [0.2, 0.25) is 0 Å². The summed E-state index contributed by atoms with van der Waals surface area (Å²) >= 11 is 0. The summed E-state index contributed by atoms with van der Waals surface area (Å²) in [5, 5.41) is 8.65. The van der Waals surface area contributed by atoms with Crippen molar-refractivity contribution in [3.63, 3.8) is 0 Å². The molecule has 0 atom stereocenters. The topological polar surface area (TPSA) is 46.2 Å². The van der Waals surface area contributed by atoms with Crippen LogP contribution in [0.4, 0.5) is 0 Å². The number of aryl methyl sites for hydroxylation is 1. The van der Waals surface area contributed by atoms with E-state index in [1.54, 1.807) is 0 Å². The zero-order valence-electron chi connectivity index (χ0n) is 8.28. The van der Waals surface area contributed by atoms with Crippen LogP contribution in [0.15, 0.2) is 24.3 Å². The van der Waals surface area contributed by atoms with Crippen molar-refractivity contribution in [1.29, 1.82) is 0 Å². The molecule has 0 unspecified atom stereocenters. The molecule has 0 radical (unpaired) electrons. The van der Waals surface area contributed by atoms with E-state index in [0.29, 0.717) is 6.54 Å². The van der Waals surface area contributed by atoms with Crippen molar-refractivity contribution in [3.8, 4) is 0 Å². The number of aliphatic hydroxyl groups excluding tert-OH is 1. The molecule has 0 aliphatic rings. The van der Waals surface area contributed by atoms with Crippen molar-refractivity contribution in [3.05, 3.63) is 35.4 Å². The molecule has 3 N–H and O–H groups in total. The van der Waals surface area contributed by atoms with E-state index >= 15 is 0 Å². The third-order valence-electron chi connectivity index (χ3n) is 2.08. The van der Waals surface area contributed by atoms with Gasteiger partial charge in [0.05, 0.1) is 0 Å². The third-order valence-corrected chi connectivity index (χ3v) is 2.08. The summed E-state index contributed by atoms with van der Waals surface area (Å²) in [6.45, 7) is 0.973. The monoisotopic (exact) mass is 215 g/mol. The van der Waals surface area contributed by atoms with E-state index in [0.717, 1.165) is 19.3 Å². The summed E-state index contributed by atoms with van der Waals surface area (Å²) in [4.78, 5) is 0. The normalized spacial score (nSPS) is 9.57. The van der Waals surface area contributed by atoms with Gasteiger partial charge >= 0.3 is 0 Å². The Morgan fingerprint density at radius 1 is 1.00 bits per heavy atom. The van der Waals surface area contributed by atoms with Gasteiger partial charge in [-0.2, -0.15) is 0 Å². The number of hydrogen-bond donors (Lipinski definition) is 2. The third kappa shape index (κ3) is 4.61. The Labute approximate surface area is 91.5 Å². The fourth-order valence-corrected chi connectivity index (χ4v) is 1.32. The van der Waals surface area contributed by atoms with E-state index in [-0.39, 0.29) is 19.0 Å². The first kappa shape index (κ1) is 13.4. The van der Waals surface area contributed by atoms with E-state index in [9.17, 15) is 0 Å². The Kier molecular flexibility index (Phi) is 7.48. The second-order valence-corrected chi connectivity index (χ2v) is 3.18. The molecule has 0 spiro atoms. The quantitative estimate of drug-likeness (QED) is 0.783. The van der Waals surface area contributed by atoms with Gasteiger partial charge in [-0.15, -0.1) is 12.4 Å². The summed E-state index contributed by atoms with van der Waals surface area (Å²) in [5.74, 6) is 0. The van der Waals surface area contributed by atoms with Gasteiger partial charge in [-0.1, -0.05) is 24.3 Å². The fraction of sp³-hybridized carbons (Fsp3) is 0.455. The minimum absolute atomic E-state index is 0. The van der Waals surface area contributed by atoms with Gasteiger partial charge in [-0.05, 0) is 36.9 Å². The van der Waals surface area contributed by atoms with Crippen molar-refractivity contribution in [1.82, 2.24) is 0 Å². The van der Waals surface area contributed by atoms with E-state index in [4.69, 9.17) is 10.8 Å². The minimum Gasteiger partial charge on any atom is -0.396 e. The van der Waals surface area contributed by atoms with Crippen LogP contribution in [0.5, 0.6) is 0 Å². The number of nitrogens with two attached hydrogens (primary N) is 1. The van der Waals surface area contributed by atoms with E-state index in [1.165, 1.54) is 11.1 Å². The average Bonchev–Trinajstić information content (AvgIpc) is 2.17. The lowest BCUT2D eigenvalue weighted by Crippen LogP contribution is -2.02. The van der Waals surface area contributed by atoms with E-state index in [2.05, 4.69) is 24.3 Å². The maximum atomic E-state index is 8.65. The van der Waals surface area contributed by atoms with Crippen LogP contribution in [0.1, 0.15) is 17.5 Å². The summed E-state index contributed by atoms with van der Waals surface area (Å²) < 4.78 is 0. The molecule has 14 heavy (non-hydrogen) atoms. The molecule has 2 nitrogen and oxygen atoms in total. The molecule has 0 saturated carbocycles. The van der Waals surface area contributed by atoms with Crippen LogP contribution in [0, 0.1) is 0 Å². The summed E-state index contributed by atoms with van der Waals surface area (Å²) in [5.41, 5.74) is 8.02. The zero-order valence-corrected chi connectivity index (χ0v) is 9.09. The van der Waals surface area contributed by atoms with Gasteiger partial charge in [0.1, 0.15) is 0 Å². The molecule has 0 saturated heterocycles. The number of benzene rings is 1. The van der Waals surface area contributed by atoms with Gasteiger partial charge in [0.15, 0.2) is 0 Å². The first-order chi connectivity index (χ1) is 6.36. The second-order valence-electron chi connectivity index (χ2n) is 3.18. The number of aliphatic hydroxyl groups is 1. The highest BCUT2D eigenvalue weighted by atomic mass is 35.5. The average molecular weight is 216 g/mol. The largest absolute Gasteiger partial charge is 0.396 e. The SMILES string of the molecule is Cl.NCCc1ccc(CCCO)cc1. The van der Waals surface area contributed by atoms with Crippen LogP contribution in [-0.4, -0.2) is 18.3 Å². The van der Waals surface area contributed by atoms with Crippen molar-refractivity contribution < 1.29 is 5.11 Å². The first-order valence-corrected chi connectivity index (χ1v) is 4.75. The lowest BCUT2D eigenvalue weighted by Gasteiger charge is -2.01. The van der Waals surface area contributed by atoms with Crippen molar-refractivity contribution in [2.75, 3.05) is 13.2 Å². The molecule has 0 aliphatic heterocycles. The van der Waals surface area contributed by atoms with Gasteiger partial charge in [0.25, 0.3) is 0 Å². The highest BCUT2D eigenvalue weighted by Gasteiger charge is 1.93. The van der Waals surface area contributed by atoms with Crippen LogP contribution < -0.4 is 5.73 Å². The molecule has 1 aromatic rings. The van der Waals surface area contributed by atoms with Crippen molar-refractivity contribution in [2.45, 2.75) is 19.3 Å². The molecule has 0 aliphatic carbocycles. The summed E-state index contributed by atoms with van der Waals surface area (Å²) in [7, 11) is 0. The lowest BCUT2D eigenvalue weighted by atomic mass is 10.1. The number of hydrogen-bond acceptors (Lipinski definition) is 2. The maximum absolute atomic E-state index is 8.65. The van der Waals surface area contributed by atoms with Crippen molar-refractivity contribution in [2.24, 2.45) is 5.73 Å². The van der Waals surface area contributed by atoms with Crippen LogP contribution in [0.25, 0.3) is 0 Å². The minimum atomic E-state index is 0. The smallest absolute Gasteiger partial charge is 0.0434 e. The zero-order chi connectivity index (χ0) is 9.52. The Bertz CT molecular complexity index is 236. The molecule has 0 heterocycles. The van der Waals surface area contributed by atoms with Gasteiger partial charge in [-0.25, -0.2) is 0 Å². The molecule has 80 valence electrons. The predicted octanol–water partition coefficient (Wildman–Crippen LogP) is 1.53. The molecule has 0 bridgehead atoms. The summed E-state index contributed by atoms with van der Waals surface area (Å²) in [6, 6.07) is 8.44. The summed E-state index contributed by atoms with van der Waals surface area (Å²) in [6.07, 6.45) is 2.75. The lowest BCUT2D eigenvalue weighted by molar-refractivity contribution is 0.288. The second kappa shape index (κ2) is 7.80. The molecule has 0 fully saturated rings. The fourth-order valence-electron chi connectivity index (χ4n) is 1.32. The van der Waals surface area contributed by atoms with Gasteiger partial charge in [-0.3, -0.25) is 0 Å². The number of halogens is 1. The highest BCUT2D eigenvalue weighted by Crippen LogP contribution is 2.06. The molecular formula is C11H18ClNO. The van der Waals surface area contributed by atoms with Crippen LogP contribution in [-0.2, 0) is 12.8 Å². The predicted molar refractivity (Wildman–Crippen MR) is 61.9 cm³/mol. The Morgan fingerprint density at radius 3 is 1.93 bits per heavy atom. The Balaban J connectivity index is 0.00000169. The van der Waals surface area contributed by atoms with E-state index < -0.39 is 0 Å². The molecule has 0 aromatic heterocycles. The molecule has 1 aromatic carbocycles. The molecule has 0 amide bonds. The van der Waals surface area contributed by atoms with E-state index in [1.807, 2.05) is 0 Å². The Morgan fingerprint density at radius 2 is 1.50 bits per heavy atom. The van der Waals surface area contributed by atoms with Crippen LogP contribution >= 0.6 is 12.4 Å². The standard InChI is InChI=1S/C11H17NO.ClH/c12-8-7-11-5-3-10(4-6-11)2-1-9-13;/h3-6,13H,1-2,7-9,12H2;1H. The van der Waals surface area contributed by atoms with Gasteiger partial charge < -0.3 is 10.8 Å². The number of rotatable bonds is 5. The maximum Gasteiger partial charge on any atom is 0.0434 e. The Hall–Kier alpha value is -0.570. The van der Waals surface area contributed by atoms with Gasteiger partial charge in [0.2, 0.25) is 0 Å². The molecule has 1 rings (SSSR count). The molecular weight excluding hydrogens is 198 g/mol. The van der Waals surface area contributed by atoms with Gasteiger partial charge in [0, 0.05) is 6.61 Å². The van der Waals surface area contributed by atoms with Crippen molar-refractivity contribution >= 4 is 12.4 Å². The highest BCUT2D eigenvalue weighted by molar-refractivity contribution is 5.85. The van der Waals surface area contributed by atoms with Crippen LogP contribution in [0.3, 0.4) is 0 Å².